The number of carbonyl (C=O) groups excluding carboxylic acids is 1. The number of carbonyl (C=O) groups is 1. The van der Waals surface area contributed by atoms with Gasteiger partial charge in [-0.3, -0.25) is 9.78 Å². The number of hydrogen-bond donors (Lipinski definition) is 1. The minimum Gasteiger partial charge on any atom is -0.494 e. The molecule has 2 aromatic carbocycles. The van der Waals surface area contributed by atoms with Crippen molar-refractivity contribution in [3.05, 3.63) is 78.1 Å². The van der Waals surface area contributed by atoms with Crippen molar-refractivity contribution in [3.8, 4) is 16.9 Å². The summed E-state index contributed by atoms with van der Waals surface area (Å²) in [6.45, 7) is 5.26. The highest BCUT2D eigenvalue weighted by molar-refractivity contribution is 6.06. The molecule has 2 heterocycles. The van der Waals surface area contributed by atoms with E-state index in [1.54, 1.807) is 24.5 Å². The maximum atomic E-state index is 13.5. The zero-order valence-corrected chi connectivity index (χ0v) is 20.1. The van der Waals surface area contributed by atoms with Crippen LogP contribution in [0, 0.1) is 0 Å². The lowest BCUT2D eigenvalue weighted by molar-refractivity contribution is 0.0986. The third-order valence-electron chi connectivity index (χ3n) is 6.23. The second-order valence-corrected chi connectivity index (χ2v) is 8.86. The van der Waals surface area contributed by atoms with E-state index in [2.05, 4.69) is 47.6 Å². The summed E-state index contributed by atoms with van der Waals surface area (Å²) < 4.78 is 5.85. The summed E-state index contributed by atoms with van der Waals surface area (Å²) in [6, 6.07) is 18.3. The fourth-order valence-corrected chi connectivity index (χ4v) is 4.41. The number of hydrogen-bond acceptors (Lipinski definition) is 4. The van der Waals surface area contributed by atoms with Crippen LogP contribution in [-0.2, 0) is 6.54 Å². The van der Waals surface area contributed by atoms with Crippen LogP contribution in [0.3, 0.4) is 0 Å². The molecular formula is C29H35N3O2. The van der Waals surface area contributed by atoms with Gasteiger partial charge in [0, 0.05) is 36.7 Å². The van der Waals surface area contributed by atoms with Crippen LogP contribution in [-0.4, -0.2) is 30.6 Å². The molecule has 5 heteroatoms. The first-order valence-electron chi connectivity index (χ1n) is 12.5. The maximum absolute atomic E-state index is 13.5. The SMILES string of the molecule is CCCOc1cccc(-c2ccc3c(c2)CNCCCCCCCN3C(=O)c2ccncc2)c1. The summed E-state index contributed by atoms with van der Waals surface area (Å²) in [5.74, 6) is 0.920. The minimum absolute atomic E-state index is 0.0309. The van der Waals surface area contributed by atoms with E-state index in [4.69, 9.17) is 4.74 Å². The maximum Gasteiger partial charge on any atom is 0.258 e. The van der Waals surface area contributed by atoms with Crippen LogP contribution in [0.2, 0.25) is 0 Å². The summed E-state index contributed by atoms with van der Waals surface area (Å²) in [4.78, 5) is 19.6. The van der Waals surface area contributed by atoms with Crippen LogP contribution in [0.15, 0.2) is 67.0 Å². The van der Waals surface area contributed by atoms with Gasteiger partial charge in [-0.15, -0.1) is 0 Å². The van der Waals surface area contributed by atoms with Gasteiger partial charge in [-0.25, -0.2) is 0 Å². The molecule has 0 spiro atoms. The van der Waals surface area contributed by atoms with E-state index in [1.807, 2.05) is 17.0 Å². The Balaban J connectivity index is 1.70. The highest BCUT2D eigenvalue weighted by Crippen LogP contribution is 2.31. The number of amides is 1. The third kappa shape index (κ3) is 6.23. The van der Waals surface area contributed by atoms with Gasteiger partial charge in [0.15, 0.2) is 0 Å². The molecule has 0 aliphatic carbocycles. The number of nitrogens with zero attached hydrogens (tertiary/aromatic N) is 2. The quantitative estimate of drug-likeness (QED) is 0.493. The average Bonchev–Trinajstić information content (AvgIpc) is 2.88. The van der Waals surface area contributed by atoms with Gasteiger partial charge < -0.3 is 15.0 Å². The van der Waals surface area contributed by atoms with E-state index < -0.39 is 0 Å². The molecule has 5 nitrogen and oxygen atoms in total. The van der Waals surface area contributed by atoms with E-state index in [1.165, 1.54) is 19.3 Å². The summed E-state index contributed by atoms with van der Waals surface area (Å²) >= 11 is 0. The molecule has 0 radical (unpaired) electrons. The number of aromatic nitrogens is 1. The summed E-state index contributed by atoms with van der Waals surface area (Å²) in [7, 11) is 0. The Morgan fingerprint density at radius 3 is 2.62 bits per heavy atom. The number of anilines is 1. The molecule has 0 saturated carbocycles. The molecule has 1 N–H and O–H groups in total. The minimum atomic E-state index is 0.0309. The van der Waals surface area contributed by atoms with Gasteiger partial charge in [0.2, 0.25) is 0 Å². The molecule has 1 amide bonds. The number of ether oxygens (including phenoxy) is 1. The van der Waals surface area contributed by atoms with E-state index in [-0.39, 0.29) is 5.91 Å². The van der Waals surface area contributed by atoms with Crippen molar-refractivity contribution < 1.29 is 9.53 Å². The molecule has 178 valence electrons. The van der Waals surface area contributed by atoms with Crippen LogP contribution in [0.25, 0.3) is 11.1 Å². The second kappa shape index (κ2) is 12.3. The van der Waals surface area contributed by atoms with E-state index in [9.17, 15) is 4.79 Å². The number of fused-ring (bicyclic) bond motifs is 1. The van der Waals surface area contributed by atoms with Crippen molar-refractivity contribution in [2.75, 3.05) is 24.6 Å². The summed E-state index contributed by atoms with van der Waals surface area (Å²) in [5, 5.41) is 3.60. The van der Waals surface area contributed by atoms with E-state index in [0.717, 1.165) is 60.5 Å². The van der Waals surface area contributed by atoms with E-state index >= 15 is 0 Å². The lowest BCUT2D eigenvalue weighted by Crippen LogP contribution is -2.33. The predicted octanol–water partition coefficient (Wildman–Crippen LogP) is 6.24. The zero-order valence-electron chi connectivity index (χ0n) is 20.1. The molecular weight excluding hydrogens is 422 g/mol. The molecule has 1 aliphatic rings. The van der Waals surface area contributed by atoms with Crippen LogP contribution in [0.4, 0.5) is 5.69 Å². The molecule has 0 atom stereocenters. The Labute approximate surface area is 203 Å². The smallest absolute Gasteiger partial charge is 0.258 e. The van der Waals surface area contributed by atoms with Gasteiger partial charge in [-0.05, 0) is 78.9 Å². The van der Waals surface area contributed by atoms with Gasteiger partial charge in [0.05, 0.1) is 6.61 Å². The normalized spacial score (nSPS) is 15.0. The van der Waals surface area contributed by atoms with Gasteiger partial charge in [0.25, 0.3) is 5.91 Å². The molecule has 1 aliphatic heterocycles. The molecule has 34 heavy (non-hydrogen) atoms. The van der Waals surface area contributed by atoms with Crippen LogP contribution < -0.4 is 15.0 Å². The predicted molar refractivity (Wildman–Crippen MR) is 138 cm³/mol. The van der Waals surface area contributed by atoms with Gasteiger partial charge in [0.1, 0.15) is 5.75 Å². The molecule has 0 saturated heterocycles. The second-order valence-electron chi connectivity index (χ2n) is 8.86. The molecule has 1 aromatic heterocycles. The first kappa shape index (κ1) is 24.0. The monoisotopic (exact) mass is 457 g/mol. The number of nitrogens with one attached hydrogen (secondary N) is 1. The Morgan fingerprint density at radius 1 is 0.971 bits per heavy atom. The van der Waals surface area contributed by atoms with Crippen LogP contribution in [0.5, 0.6) is 5.75 Å². The fraction of sp³-hybridized carbons (Fsp3) is 0.379. The lowest BCUT2D eigenvalue weighted by atomic mass is 10.00. The van der Waals surface area contributed by atoms with Crippen molar-refractivity contribution >= 4 is 11.6 Å². The number of rotatable bonds is 5. The van der Waals surface area contributed by atoms with Gasteiger partial charge in [-0.2, -0.15) is 0 Å². The molecule has 4 rings (SSSR count). The van der Waals surface area contributed by atoms with Crippen molar-refractivity contribution in [2.45, 2.75) is 52.0 Å². The van der Waals surface area contributed by atoms with E-state index in [0.29, 0.717) is 18.7 Å². The lowest BCUT2D eigenvalue weighted by Gasteiger charge is -2.27. The number of pyridine rings is 1. The average molecular weight is 458 g/mol. The third-order valence-corrected chi connectivity index (χ3v) is 6.23. The van der Waals surface area contributed by atoms with Crippen LogP contribution >= 0.6 is 0 Å². The van der Waals surface area contributed by atoms with Gasteiger partial charge in [-0.1, -0.05) is 44.4 Å². The Hall–Kier alpha value is -3.18. The Morgan fingerprint density at radius 2 is 1.76 bits per heavy atom. The van der Waals surface area contributed by atoms with Crippen LogP contribution in [0.1, 0.15) is 61.4 Å². The highest BCUT2D eigenvalue weighted by Gasteiger charge is 2.21. The van der Waals surface area contributed by atoms with Gasteiger partial charge >= 0.3 is 0 Å². The largest absolute Gasteiger partial charge is 0.494 e. The molecule has 0 unspecified atom stereocenters. The zero-order chi connectivity index (χ0) is 23.6. The summed E-state index contributed by atoms with van der Waals surface area (Å²) in [6.07, 6.45) is 10.1. The molecule has 3 aromatic rings. The van der Waals surface area contributed by atoms with Crippen molar-refractivity contribution in [3.63, 3.8) is 0 Å². The molecule has 0 bridgehead atoms. The Bertz CT molecular complexity index is 1070. The molecule has 0 fully saturated rings. The number of benzene rings is 2. The Kier molecular flexibility index (Phi) is 8.69. The van der Waals surface area contributed by atoms with Crippen molar-refractivity contribution in [2.24, 2.45) is 0 Å². The topological polar surface area (TPSA) is 54.5 Å². The highest BCUT2D eigenvalue weighted by atomic mass is 16.5. The first-order chi connectivity index (χ1) is 16.8. The first-order valence-corrected chi connectivity index (χ1v) is 12.5. The van der Waals surface area contributed by atoms with Crippen molar-refractivity contribution in [1.29, 1.82) is 0 Å². The van der Waals surface area contributed by atoms with Crippen molar-refractivity contribution in [1.82, 2.24) is 10.3 Å². The summed E-state index contributed by atoms with van der Waals surface area (Å²) in [5.41, 5.74) is 5.05. The standard InChI is InChI=1S/C29H35N3O2/c1-2-19-34-27-10-8-9-24(21-27)25-11-12-28-26(20-25)22-31-15-6-4-3-5-7-18-32(28)29(33)23-13-16-30-17-14-23/h8-14,16-17,20-21,31H,2-7,15,18-19,22H2,1H3. The fourth-order valence-electron chi connectivity index (χ4n) is 4.41.